The third-order valence-electron chi connectivity index (χ3n) is 2.29. The molecule has 1 amide bonds. The van der Waals surface area contributed by atoms with E-state index in [1.807, 2.05) is 30.3 Å². The predicted molar refractivity (Wildman–Crippen MR) is 53.6 cm³/mol. The summed E-state index contributed by atoms with van der Waals surface area (Å²) in [5.41, 5.74) is 1.01. The van der Waals surface area contributed by atoms with Crippen molar-refractivity contribution in [2.75, 3.05) is 6.54 Å². The Morgan fingerprint density at radius 3 is 2.73 bits per heavy atom. The molecule has 0 radical (unpaired) electrons. The number of β-amino-alcohol motifs (C(OH)–C–C–N with tert-alkyl or cyclic N) is 1. The molecule has 80 valence electrons. The fourth-order valence-corrected chi connectivity index (χ4v) is 1.51. The van der Waals surface area contributed by atoms with Crippen LogP contribution in [0.5, 0.6) is 0 Å². The second kappa shape index (κ2) is 4.42. The lowest BCUT2D eigenvalue weighted by Gasteiger charge is -2.15. The predicted octanol–water partition coefficient (Wildman–Crippen LogP) is 0.711. The lowest BCUT2D eigenvalue weighted by atomic mass is 10.2. The van der Waals surface area contributed by atoms with Gasteiger partial charge in [0.25, 0.3) is 0 Å². The van der Waals surface area contributed by atoms with Gasteiger partial charge in [-0.1, -0.05) is 30.3 Å². The van der Waals surface area contributed by atoms with Gasteiger partial charge in [0.15, 0.2) is 0 Å². The Labute approximate surface area is 88.0 Å². The van der Waals surface area contributed by atoms with Crippen molar-refractivity contribution in [1.82, 2.24) is 5.06 Å². The van der Waals surface area contributed by atoms with Crippen LogP contribution >= 0.6 is 0 Å². The number of hydrogen-bond donors (Lipinski definition) is 1. The summed E-state index contributed by atoms with van der Waals surface area (Å²) in [6, 6.07) is 9.61. The van der Waals surface area contributed by atoms with Gasteiger partial charge in [-0.25, -0.2) is 5.06 Å². The fraction of sp³-hybridized carbons (Fsp3) is 0.364. The number of hydroxylamine groups is 2. The van der Waals surface area contributed by atoms with E-state index >= 15 is 0 Å². The minimum atomic E-state index is -0.590. The number of hydrogen-bond acceptors (Lipinski definition) is 3. The van der Waals surface area contributed by atoms with Gasteiger partial charge in [-0.2, -0.15) is 0 Å². The molecule has 4 heteroatoms. The van der Waals surface area contributed by atoms with Crippen molar-refractivity contribution in [2.45, 2.75) is 19.1 Å². The highest BCUT2D eigenvalue weighted by Crippen LogP contribution is 2.12. The number of carbonyl (C=O) groups excluding carboxylic acids is 1. The minimum absolute atomic E-state index is 0.154. The summed E-state index contributed by atoms with van der Waals surface area (Å²) in [5, 5.41) is 10.5. The summed E-state index contributed by atoms with van der Waals surface area (Å²) >= 11 is 0. The molecule has 1 aliphatic rings. The first-order valence-corrected chi connectivity index (χ1v) is 4.91. The quantitative estimate of drug-likeness (QED) is 0.794. The van der Waals surface area contributed by atoms with Crippen molar-refractivity contribution >= 4 is 5.91 Å². The van der Waals surface area contributed by atoms with Gasteiger partial charge in [0.05, 0.1) is 19.1 Å². The zero-order chi connectivity index (χ0) is 10.7. The lowest BCUT2D eigenvalue weighted by Crippen LogP contribution is -2.25. The summed E-state index contributed by atoms with van der Waals surface area (Å²) in [5.74, 6) is -0.154. The smallest absolute Gasteiger partial charge is 0.248 e. The summed E-state index contributed by atoms with van der Waals surface area (Å²) < 4.78 is 0. The Kier molecular flexibility index (Phi) is 2.99. The SMILES string of the molecule is O=C1C[C@@H](O)CN1OCc1ccccc1. The standard InChI is InChI=1S/C11H13NO3/c13-10-6-11(14)12(7-10)15-8-9-4-2-1-3-5-9/h1-5,10,13H,6-8H2/t10-/m1/s1. The maximum atomic E-state index is 11.2. The van der Waals surface area contributed by atoms with E-state index < -0.39 is 6.10 Å². The minimum Gasteiger partial charge on any atom is -0.391 e. The molecule has 1 aromatic carbocycles. The third-order valence-corrected chi connectivity index (χ3v) is 2.29. The van der Waals surface area contributed by atoms with Gasteiger partial charge in [0.1, 0.15) is 6.61 Å². The largest absolute Gasteiger partial charge is 0.391 e. The van der Waals surface area contributed by atoms with Gasteiger partial charge in [0.2, 0.25) is 5.91 Å². The number of nitrogens with zero attached hydrogens (tertiary/aromatic N) is 1. The van der Waals surface area contributed by atoms with E-state index in [2.05, 4.69) is 0 Å². The van der Waals surface area contributed by atoms with Crippen LogP contribution in [0.4, 0.5) is 0 Å². The van der Waals surface area contributed by atoms with Crippen LogP contribution < -0.4 is 0 Å². The number of aliphatic hydroxyl groups excluding tert-OH is 1. The first kappa shape index (κ1) is 10.1. The molecule has 0 bridgehead atoms. The molecule has 4 nitrogen and oxygen atoms in total. The van der Waals surface area contributed by atoms with Crippen LogP contribution in [0.25, 0.3) is 0 Å². The number of benzene rings is 1. The Hall–Kier alpha value is -1.39. The monoisotopic (exact) mass is 207 g/mol. The van der Waals surface area contributed by atoms with Gasteiger partial charge in [0, 0.05) is 0 Å². The van der Waals surface area contributed by atoms with Crippen molar-refractivity contribution in [1.29, 1.82) is 0 Å². The summed E-state index contributed by atoms with van der Waals surface area (Å²) in [4.78, 5) is 16.5. The molecule has 2 rings (SSSR count). The topological polar surface area (TPSA) is 49.8 Å². The van der Waals surface area contributed by atoms with Crippen LogP contribution in [-0.4, -0.2) is 28.7 Å². The fourth-order valence-electron chi connectivity index (χ4n) is 1.51. The molecule has 0 spiro atoms. The Bertz CT molecular complexity index is 339. The van der Waals surface area contributed by atoms with Gasteiger partial charge in [-0.3, -0.25) is 9.63 Å². The molecule has 1 aliphatic heterocycles. The van der Waals surface area contributed by atoms with Crippen molar-refractivity contribution in [3.63, 3.8) is 0 Å². The summed E-state index contributed by atoms with van der Waals surface area (Å²) in [6.07, 6.45) is -0.428. The summed E-state index contributed by atoms with van der Waals surface area (Å²) in [7, 11) is 0. The van der Waals surface area contributed by atoms with Crippen LogP contribution in [0, 0.1) is 0 Å². The maximum absolute atomic E-state index is 11.2. The van der Waals surface area contributed by atoms with E-state index in [0.29, 0.717) is 6.61 Å². The molecular formula is C11H13NO3. The Morgan fingerprint density at radius 2 is 2.13 bits per heavy atom. The average molecular weight is 207 g/mol. The molecule has 0 aromatic heterocycles. The van der Waals surface area contributed by atoms with Gasteiger partial charge < -0.3 is 5.11 Å². The highest BCUT2D eigenvalue weighted by Gasteiger charge is 2.28. The normalized spacial score (nSPS) is 21.0. The van der Waals surface area contributed by atoms with Gasteiger partial charge >= 0.3 is 0 Å². The molecule has 0 saturated carbocycles. The van der Waals surface area contributed by atoms with Crippen molar-refractivity contribution < 1.29 is 14.7 Å². The molecule has 1 saturated heterocycles. The van der Waals surface area contributed by atoms with E-state index in [1.54, 1.807) is 0 Å². The molecule has 0 unspecified atom stereocenters. The molecule has 0 aliphatic carbocycles. The molecule has 15 heavy (non-hydrogen) atoms. The van der Waals surface area contributed by atoms with E-state index in [4.69, 9.17) is 4.84 Å². The van der Waals surface area contributed by atoms with Crippen LogP contribution in [0.15, 0.2) is 30.3 Å². The third kappa shape index (κ3) is 2.55. The zero-order valence-corrected chi connectivity index (χ0v) is 8.30. The number of amides is 1. The molecular weight excluding hydrogens is 194 g/mol. The van der Waals surface area contributed by atoms with Crippen molar-refractivity contribution in [3.05, 3.63) is 35.9 Å². The average Bonchev–Trinajstić information content (AvgIpc) is 2.56. The number of rotatable bonds is 3. The van der Waals surface area contributed by atoms with E-state index in [1.165, 1.54) is 5.06 Å². The highest BCUT2D eigenvalue weighted by atomic mass is 16.7. The second-order valence-electron chi connectivity index (χ2n) is 3.57. The van der Waals surface area contributed by atoms with Crippen molar-refractivity contribution in [3.8, 4) is 0 Å². The molecule has 1 N–H and O–H groups in total. The summed E-state index contributed by atoms with van der Waals surface area (Å²) in [6.45, 7) is 0.630. The van der Waals surface area contributed by atoms with E-state index in [-0.39, 0.29) is 18.9 Å². The molecule has 1 fully saturated rings. The van der Waals surface area contributed by atoms with Crippen molar-refractivity contribution in [2.24, 2.45) is 0 Å². The van der Waals surface area contributed by atoms with Crippen LogP contribution in [0.1, 0.15) is 12.0 Å². The van der Waals surface area contributed by atoms with Gasteiger partial charge in [-0.15, -0.1) is 0 Å². The molecule has 1 atom stereocenters. The lowest BCUT2D eigenvalue weighted by molar-refractivity contribution is -0.183. The molecule has 1 heterocycles. The van der Waals surface area contributed by atoms with Crippen LogP contribution in [0.2, 0.25) is 0 Å². The van der Waals surface area contributed by atoms with E-state index in [9.17, 15) is 9.90 Å². The highest BCUT2D eigenvalue weighted by molar-refractivity contribution is 5.77. The van der Waals surface area contributed by atoms with Crippen LogP contribution in [-0.2, 0) is 16.2 Å². The second-order valence-corrected chi connectivity index (χ2v) is 3.57. The molecule has 1 aromatic rings. The number of aliphatic hydroxyl groups is 1. The Balaban J connectivity index is 1.86. The Morgan fingerprint density at radius 1 is 1.40 bits per heavy atom. The number of carbonyl (C=O) groups is 1. The first-order valence-electron chi connectivity index (χ1n) is 4.91. The van der Waals surface area contributed by atoms with Gasteiger partial charge in [-0.05, 0) is 5.56 Å². The first-order chi connectivity index (χ1) is 7.25. The van der Waals surface area contributed by atoms with E-state index in [0.717, 1.165) is 5.56 Å². The maximum Gasteiger partial charge on any atom is 0.248 e. The zero-order valence-electron chi connectivity index (χ0n) is 8.30. The van der Waals surface area contributed by atoms with Crippen LogP contribution in [0.3, 0.4) is 0 Å².